The fraction of sp³-hybridized carbons (Fsp3) is 0.500. The molecule has 0 saturated heterocycles. The van der Waals surface area contributed by atoms with Crippen LogP contribution in [0.5, 0.6) is 0 Å². The molecule has 1 heterocycles. The van der Waals surface area contributed by atoms with Crippen LogP contribution in [0.3, 0.4) is 0 Å². The first-order chi connectivity index (χ1) is 7.56. The lowest BCUT2D eigenvalue weighted by molar-refractivity contribution is 0.152. The standard InChI is InChI=1S/C8H11ClF2N4O/c9-6-7(12)13-4-14-8(6)15(1-2-16)3-5(10)11/h4-5,16H,1-3H2,(H2,12,13,14). The number of anilines is 2. The molecule has 0 spiro atoms. The molecule has 0 aromatic carbocycles. The average molecular weight is 253 g/mol. The molecule has 8 heteroatoms. The number of aromatic nitrogens is 2. The summed E-state index contributed by atoms with van der Waals surface area (Å²) >= 11 is 5.79. The number of aliphatic hydroxyl groups is 1. The van der Waals surface area contributed by atoms with E-state index in [1.807, 2.05) is 0 Å². The molecular formula is C8H11ClF2N4O. The van der Waals surface area contributed by atoms with Gasteiger partial charge < -0.3 is 15.7 Å². The predicted octanol–water partition coefficient (Wildman–Crippen LogP) is 0.776. The molecule has 3 N–H and O–H groups in total. The number of hydrogen-bond donors (Lipinski definition) is 2. The summed E-state index contributed by atoms with van der Waals surface area (Å²) in [5.41, 5.74) is 5.43. The summed E-state index contributed by atoms with van der Waals surface area (Å²) in [4.78, 5) is 8.55. The summed E-state index contributed by atoms with van der Waals surface area (Å²) < 4.78 is 24.6. The molecule has 16 heavy (non-hydrogen) atoms. The van der Waals surface area contributed by atoms with Crippen LogP contribution in [0.1, 0.15) is 0 Å². The maximum Gasteiger partial charge on any atom is 0.255 e. The third-order valence-electron chi connectivity index (χ3n) is 1.83. The van der Waals surface area contributed by atoms with Crippen molar-refractivity contribution in [3.8, 4) is 0 Å². The Morgan fingerprint density at radius 3 is 2.75 bits per heavy atom. The van der Waals surface area contributed by atoms with Crippen LogP contribution in [0.4, 0.5) is 20.4 Å². The van der Waals surface area contributed by atoms with E-state index in [-0.39, 0.29) is 29.8 Å². The number of hydrogen-bond acceptors (Lipinski definition) is 5. The van der Waals surface area contributed by atoms with Crippen LogP contribution in [-0.2, 0) is 0 Å². The van der Waals surface area contributed by atoms with Gasteiger partial charge in [0.1, 0.15) is 17.2 Å². The zero-order valence-corrected chi connectivity index (χ0v) is 9.03. The van der Waals surface area contributed by atoms with Crippen molar-refractivity contribution >= 4 is 23.2 Å². The molecule has 0 aliphatic heterocycles. The highest BCUT2D eigenvalue weighted by Crippen LogP contribution is 2.27. The predicted molar refractivity (Wildman–Crippen MR) is 56.8 cm³/mol. The van der Waals surface area contributed by atoms with Gasteiger partial charge in [-0.1, -0.05) is 11.6 Å². The first kappa shape index (κ1) is 12.9. The van der Waals surface area contributed by atoms with Crippen molar-refractivity contribution in [3.63, 3.8) is 0 Å². The Hall–Kier alpha value is -1.21. The van der Waals surface area contributed by atoms with Crippen molar-refractivity contribution in [1.82, 2.24) is 9.97 Å². The molecule has 0 unspecified atom stereocenters. The fourth-order valence-corrected chi connectivity index (χ4v) is 1.38. The van der Waals surface area contributed by atoms with Gasteiger partial charge in [0.25, 0.3) is 6.43 Å². The number of nitrogens with two attached hydrogens (primary N) is 1. The Labute approximate surface area is 95.9 Å². The maximum absolute atomic E-state index is 12.3. The van der Waals surface area contributed by atoms with E-state index in [0.29, 0.717) is 0 Å². The fourth-order valence-electron chi connectivity index (χ4n) is 1.17. The minimum Gasteiger partial charge on any atom is -0.395 e. The number of rotatable bonds is 5. The van der Waals surface area contributed by atoms with Crippen LogP contribution in [0.15, 0.2) is 6.33 Å². The van der Waals surface area contributed by atoms with E-state index in [1.165, 1.54) is 0 Å². The second kappa shape index (κ2) is 5.76. The van der Waals surface area contributed by atoms with Gasteiger partial charge in [0, 0.05) is 6.54 Å². The molecule has 5 nitrogen and oxygen atoms in total. The Kier molecular flexibility index (Phi) is 4.63. The first-order valence-corrected chi connectivity index (χ1v) is 4.84. The quantitative estimate of drug-likeness (QED) is 0.810. The Bertz CT molecular complexity index is 353. The van der Waals surface area contributed by atoms with Crippen molar-refractivity contribution in [2.45, 2.75) is 6.43 Å². The topological polar surface area (TPSA) is 75.3 Å². The Morgan fingerprint density at radius 1 is 1.50 bits per heavy atom. The SMILES string of the molecule is Nc1ncnc(N(CCO)CC(F)F)c1Cl. The van der Waals surface area contributed by atoms with Crippen LogP contribution in [-0.4, -0.2) is 41.2 Å². The van der Waals surface area contributed by atoms with Gasteiger partial charge in [-0.2, -0.15) is 0 Å². The summed E-state index contributed by atoms with van der Waals surface area (Å²) in [7, 11) is 0. The number of nitrogens with zero attached hydrogens (tertiary/aromatic N) is 3. The molecule has 0 radical (unpaired) electrons. The minimum absolute atomic E-state index is 0.000509. The summed E-state index contributed by atoms with van der Waals surface area (Å²) in [6.45, 7) is -0.857. The van der Waals surface area contributed by atoms with Crippen LogP contribution >= 0.6 is 11.6 Å². The molecule has 0 saturated carbocycles. The Morgan fingerprint density at radius 2 is 2.19 bits per heavy atom. The highest BCUT2D eigenvalue weighted by atomic mass is 35.5. The van der Waals surface area contributed by atoms with Gasteiger partial charge >= 0.3 is 0 Å². The number of aliphatic hydroxyl groups excluding tert-OH is 1. The first-order valence-electron chi connectivity index (χ1n) is 4.46. The van der Waals surface area contributed by atoms with Gasteiger partial charge in [0.15, 0.2) is 5.82 Å². The van der Waals surface area contributed by atoms with Crippen molar-refractivity contribution in [3.05, 3.63) is 11.3 Å². The lowest BCUT2D eigenvalue weighted by atomic mass is 10.4. The monoisotopic (exact) mass is 252 g/mol. The van der Waals surface area contributed by atoms with E-state index in [2.05, 4.69) is 9.97 Å². The molecule has 1 aromatic rings. The zero-order chi connectivity index (χ0) is 12.1. The molecule has 0 atom stereocenters. The van der Waals surface area contributed by atoms with E-state index >= 15 is 0 Å². The molecule has 1 rings (SSSR count). The van der Waals surface area contributed by atoms with Gasteiger partial charge in [-0.15, -0.1) is 0 Å². The summed E-state index contributed by atoms with van der Waals surface area (Å²) in [5.74, 6) is 0.118. The zero-order valence-electron chi connectivity index (χ0n) is 8.28. The van der Waals surface area contributed by atoms with Crippen LogP contribution in [0.25, 0.3) is 0 Å². The largest absolute Gasteiger partial charge is 0.395 e. The van der Waals surface area contributed by atoms with Gasteiger partial charge in [-0.25, -0.2) is 18.7 Å². The molecule has 0 amide bonds. The number of halogens is 3. The van der Waals surface area contributed by atoms with Gasteiger partial charge in [0.05, 0.1) is 13.2 Å². The lowest BCUT2D eigenvalue weighted by Crippen LogP contribution is -2.32. The van der Waals surface area contributed by atoms with E-state index in [0.717, 1.165) is 11.2 Å². The lowest BCUT2D eigenvalue weighted by Gasteiger charge is -2.23. The summed E-state index contributed by atoms with van der Waals surface area (Å²) in [6.07, 6.45) is -1.43. The molecule has 0 bridgehead atoms. The molecule has 0 aliphatic carbocycles. The third kappa shape index (κ3) is 3.14. The number of nitrogen functional groups attached to an aromatic ring is 1. The Balaban J connectivity index is 2.96. The smallest absolute Gasteiger partial charge is 0.255 e. The van der Waals surface area contributed by atoms with E-state index in [4.69, 9.17) is 22.4 Å². The van der Waals surface area contributed by atoms with Gasteiger partial charge in [0.2, 0.25) is 0 Å². The molecule has 1 aromatic heterocycles. The van der Waals surface area contributed by atoms with Crippen LogP contribution < -0.4 is 10.6 Å². The van der Waals surface area contributed by atoms with Crippen molar-refractivity contribution in [2.24, 2.45) is 0 Å². The molecule has 0 aliphatic rings. The van der Waals surface area contributed by atoms with Crippen LogP contribution in [0, 0.1) is 0 Å². The van der Waals surface area contributed by atoms with E-state index in [1.54, 1.807) is 0 Å². The molecule has 90 valence electrons. The van der Waals surface area contributed by atoms with E-state index < -0.39 is 13.0 Å². The second-order valence-electron chi connectivity index (χ2n) is 2.96. The second-order valence-corrected chi connectivity index (χ2v) is 3.34. The highest BCUT2D eigenvalue weighted by Gasteiger charge is 2.17. The van der Waals surface area contributed by atoms with E-state index in [9.17, 15) is 8.78 Å². The molecular weight excluding hydrogens is 242 g/mol. The number of alkyl halides is 2. The van der Waals surface area contributed by atoms with Crippen molar-refractivity contribution in [2.75, 3.05) is 30.3 Å². The van der Waals surface area contributed by atoms with Crippen molar-refractivity contribution in [1.29, 1.82) is 0 Å². The maximum atomic E-state index is 12.3. The summed E-state index contributed by atoms with van der Waals surface area (Å²) in [5, 5.41) is 8.78. The van der Waals surface area contributed by atoms with Gasteiger partial charge in [-0.05, 0) is 0 Å². The normalized spacial score (nSPS) is 10.8. The average Bonchev–Trinajstić information content (AvgIpc) is 2.21. The highest BCUT2D eigenvalue weighted by molar-refractivity contribution is 6.35. The van der Waals surface area contributed by atoms with Gasteiger partial charge in [-0.3, -0.25) is 0 Å². The summed E-state index contributed by atoms with van der Waals surface area (Å²) in [6, 6.07) is 0. The van der Waals surface area contributed by atoms with Crippen LogP contribution in [0.2, 0.25) is 5.02 Å². The third-order valence-corrected chi connectivity index (χ3v) is 2.19. The minimum atomic E-state index is -2.56. The molecule has 0 fully saturated rings. The van der Waals surface area contributed by atoms with Crippen molar-refractivity contribution < 1.29 is 13.9 Å².